The van der Waals surface area contributed by atoms with Crippen molar-refractivity contribution >= 4 is 11.6 Å². The lowest BCUT2D eigenvalue weighted by atomic mass is 10.1. The molecule has 6 nitrogen and oxygen atoms in total. The van der Waals surface area contributed by atoms with E-state index in [4.69, 9.17) is 10.5 Å². The highest BCUT2D eigenvalue weighted by atomic mass is 16.3. The molecule has 0 amide bonds. The molecule has 0 radical (unpaired) electrons. The summed E-state index contributed by atoms with van der Waals surface area (Å²) >= 11 is 0. The molecule has 18 heavy (non-hydrogen) atoms. The Hall–Kier alpha value is -1.40. The maximum Gasteiger partial charge on any atom is 0.166 e. The molecule has 0 saturated carbocycles. The van der Waals surface area contributed by atoms with Crippen LogP contribution in [0.4, 0.5) is 0 Å². The third kappa shape index (κ3) is 3.54. The van der Waals surface area contributed by atoms with Gasteiger partial charge in [0.25, 0.3) is 0 Å². The molecule has 3 N–H and O–H groups in total. The summed E-state index contributed by atoms with van der Waals surface area (Å²) in [7, 11) is 0. The zero-order valence-electron chi connectivity index (χ0n) is 10.9. The van der Waals surface area contributed by atoms with Crippen molar-refractivity contribution < 1.29 is 15.0 Å². The van der Waals surface area contributed by atoms with Crippen molar-refractivity contribution in [3.05, 3.63) is 11.3 Å². The van der Waals surface area contributed by atoms with Crippen LogP contribution < -0.4 is 0 Å². The third-order valence-electron chi connectivity index (χ3n) is 3.06. The van der Waals surface area contributed by atoms with Gasteiger partial charge in [0.15, 0.2) is 5.78 Å². The number of carbonyl (C=O) groups is 1. The lowest BCUT2D eigenvalue weighted by molar-refractivity contribution is -0.113. The van der Waals surface area contributed by atoms with Gasteiger partial charge >= 0.3 is 0 Å². The Kier molecular flexibility index (Phi) is 5.30. The van der Waals surface area contributed by atoms with Gasteiger partial charge in [0, 0.05) is 32.7 Å². The Balaban J connectivity index is 2.65. The number of hydrogen-bond acceptors (Lipinski definition) is 5. The van der Waals surface area contributed by atoms with Gasteiger partial charge in [-0.25, -0.2) is 0 Å². The number of allylic oxidation sites excluding steroid dienone is 1. The first kappa shape index (κ1) is 14.7. The second-order valence-corrected chi connectivity index (χ2v) is 4.42. The van der Waals surface area contributed by atoms with E-state index in [-0.39, 0.29) is 29.6 Å². The van der Waals surface area contributed by atoms with Gasteiger partial charge in [-0.3, -0.25) is 15.1 Å². The predicted octanol–water partition coefficient (Wildman–Crippen LogP) is -0.00543. The summed E-state index contributed by atoms with van der Waals surface area (Å²) in [6.45, 7) is 6.29. The van der Waals surface area contributed by atoms with E-state index in [0.717, 1.165) is 13.1 Å². The summed E-state index contributed by atoms with van der Waals surface area (Å²) in [6.07, 6.45) is 0. The number of nitrogens with one attached hydrogen (secondary N) is 1. The molecule has 0 atom stereocenters. The molecule has 0 bridgehead atoms. The fourth-order valence-corrected chi connectivity index (χ4v) is 2.09. The highest BCUT2D eigenvalue weighted by Crippen LogP contribution is 2.11. The Morgan fingerprint density at radius 3 is 2.17 bits per heavy atom. The molecule has 1 heterocycles. The van der Waals surface area contributed by atoms with Crippen molar-refractivity contribution in [1.29, 1.82) is 5.41 Å². The number of aliphatic hydroxyl groups excluding tert-OH is 2. The first-order valence-corrected chi connectivity index (χ1v) is 6.05. The molecular formula is C12H21N3O3. The smallest absolute Gasteiger partial charge is 0.166 e. The Morgan fingerprint density at radius 1 is 1.22 bits per heavy atom. The normalized spacial score (nSPS) is 18.5. The number of hydrogen-bond donors (Lipinski definition) is 3. The molecule has 1 fully saturated rings. The number of aliphatic hydroxyl groups is 2. The molecule has 1 aliphatic heterocycles. The van der Waals surface area contributed by atoms with Crippen LogP contribution in [0, 0.1) is 5.41 Å². The fourth-order valence-electron chi connectivity index (χ4n) is 2.09. The highest BCUT2D eigenvalue weighted by Gasteiger charge is 2.24. The summed E-state index contributed by atoms with van der Waals surface area (Å²) < 4.78 is 0. The number of carbonyl (C=O) groups excluding carboxylic acids is 1. The van der Waals surface area contributed by atoms with Gasteiger partial charge in [-0.15, -0.1) is 0 Å². The number of Topliss-reactive ketones (excluding diaryl/α,β-unsaturated/α-hetero) is 1. The van der Waals surface area contributed by atoms with Crippen molar-refractivity contribution in [3.8, 4) is 0 Å². The van der Waals surface area contributed by atoms with Crippen LogP contribution in [0.1, 0.15) is 13.8 Å². The average Bonchev–Trinajstić information content (AvgIpc) is 2.29. The van der Waals surface area contributed by atoms with Crippen LogP contribution in [0.25, 0.3) is 0 Å². The molecule has 6 heteroatoms. The minimum atomic E-state index is -0.294. The van der Waals surface area contributed by atoms with Crippen LogP contribution in [0.3, 0.4) is 0 Å². The van der Waals surface area contributed by atoms with Crippen molar-refractivity contribution in [3.63, 3.8) is 0 Å². The lowest BCUT2D eigenvalue weighted by Gasteiger charge is -2.36. The molecule has 102 valence electrons. The quantitative estimate of drug-likeness (QED) is 0.285. The Labute approximate surface area is 107 Å². The molecule has 0 aromatic rings. The molecule has 1 saturated heterocycles. The van der Waals surface area contributed by atoms with Gasteiger partial charge < -0.3 is 15.1 Å². The van der Waals surface area contributed by atoms with Crippen molar-refractivity contribution in [2.75, 3.05) is 39.3 Å². The molecule has 0 aliphatic carbocycles. The molecule has 0 unspecified atom stereocenters. The molecule has 1 rings (SSSR count). The van der Waals surface area contributed by atoms with E-state index < -0.39 is 0 Å². The van der Waals surface area contributed by atoms with Gasteiger partial charge in [-0.05, 0) is 13.8 Å². The molecule has 0 aromatic heterocycles. The number of ketones is 1. The highest BCUT2D eigenvalue weighted by molar-refractivity contribution is 6.19. The average molecular weight is 255 g/mol. The van der Waals surface area contributed by atoms with Crippen LogP contribution in [-0.2, 0) is 4.79 Å². The SMILES string of the molecule is CC(=O)/C(C(=N)N1CCN(CCO)CC1)=C(\C)O. The molecule has 0 spiro atoms. The third-order valence-corrected chi connectivity index (χ3v) is 3.06. The van der Waals surface area contributed by atoms with E-state index in [1.807, 2.05) is 0 Å². The van der Waals surface area contributed by atoms with E-state index in [2.05, 4.69) is 4.90 Å². The largest absolute Gasteiger partial charge is 0.512 e. The van der Waals surface area contributed by atoms with Crippen molar-refractivity contribution in [2.45, 2.75) is 13.8 Å². The maximum atomic E-state index is 11.4. The summed E-state index contributed by atoms with van der Waals surface area (Å²) in [6, 6.07) is 0. The van der Waals surface area contributed by atoms with Gasteiger partial charge in [0.05, 0.1) is 12.2 Å². The minimum absolute atomic E-state index is 0.0885. The van der Waals surface area contributed by atoms with Crippen LogP contribution >= 0.6 is 0 Å². The summed E-state index contributed by atoms with van der Waals surface area (Å²) in [5.41, 5.74) is 0.0885. The molecule has 1 aliphatic rings. The Bertz CT molecular complexity index is 354. The van der Waals surface area contributed by atoms with Gasteiger partial charge in [-0.1, -0.05) is 0 Å². The number of piperazine rings is 1. The second kappa shape index (κ2) is 6.51. The maximum absolute atomic E-state index is 11.4. The van der Waals surface area contributed by atoms with E-state index in [0.29, 0.717) is 19.6 Å². The molecular weight excluding hydrogens is 234 g/mol. The van der Waals surface area contributed by atoms with E-state index in [1.165, 1.54) is 13.8 Å². The summed E-state index contributed by atoms with van der Waals surface area (Å²) in [4.78, 5) is 15.3. The first-order valence-electron chi connectivity index (χ1n) is 6.05. The monoisotopic (exact) mass is 255 g/mol. The van der Waals surface area contributed by atoms with Gasteiger partial charge in [0.1, 0.15) is 11.6 Å². The molecule has 0 aromatic carbocycles. The summed E-state index contributed by atoms with van der Waals surface area (Å²) in [5.74, 6) is -0.311. The van der Waals surface area contributed by atoms with Crippen LogP contribution in [0.15, 0.2) is 11.3 Å². The van der Waals surface area contributed by atoms with E-state index in [9.17, 15) is 9.90 Å². The predicted molar refractivity (Wildman–Crippen MR) is 68.8 cm³/mol. The van der Waals surface area contributed by atoms with Crippen LogP contribution in [0.2, 0.25) is 0 Å². The van der Waals surface area contributed by atoms with Crippen LogP contribution in [-0.4, -0.2) is 71.0 Å². The number of β-amino-alcohol motifs (C(OH)–C–C–N with tert-alkyl or cyclic N) is 1. The Morgan fingerprint density at radius 2 is 1.78 bits per heavy atom. The van der Waals surface area contributed by atoms with E-state index in [1.54, 1.807) is 4.90 Å². The van der Waals surface area contributed by atoms with Crippen molar-refractivity contribution in [1.82, 2.24) is 9.80 Å². The van der Waals surface area contributed by atoms with Crippen LogP contribution in [0.5, 0.6) is 0 Å². The number of amidine groups is 1. The number of nitrogens with zero attached hydrogens (tertiary/aromatic N) is 2. The second-order valence-electron chi connectivity index (χ2n) is 4.42. The lowest BCUT2D eigenvalue weighted by Crippen LogP contribution is -2.50. The fraction of sp³-hybridized carbons (Fsp3) is 0.667. The van der Waals surface area contributed by atoms with Gasteiger partial charge in [-0.2, -0.15) is 0 Å². The zero-order chi connectivity index (χ0) is 13.7. The van der Waals surface area contributed by atoms with Crippen molar-refractivity contribution in [2.24, 2.45) is 0 Å². The minimum Gasteiger partial charge on any atom is -0.512 e. The van der Waals surface area contributed by atoms with Gasteiger partial charge in [0.2, 0.25) is 0 Å². The topological polar surface area (TPSA) is 87.9 Å². The number of rotatable bonds is 4. The zero-order valence-corrected chi connectivity index (χ0v) is 10.9. The first-order chi connectivity index (χ1) is 8.47. The van der Waals surface area contributed by atoms with E-state index >= 15 is 0 Å². The summed E-state index contributed by atoms with van der Waals surface area (Å²) in [5, 5.41) is 26.3. The standard InChI is InChI=1S/C12H21N3O3/c1-9(17)11(10(2)18)12(13)15-5-3-14(4-6-15)7-8-16/h13,16-17H,3-8H2,1-2H3/b11-9-,13-12?.